The number of hydrazine groups is 1. The van der Waals surface area contributed by atoms with E-state index >= 15 is 0 Å². The Hall–Kier alpha value is -0.510. The van der Waals surface area contributed by atoms with Crippen LogP contribution < -0.4 is 5.84 Å². The van der Waals surface area contributed by atoms with E-state index in [0.717, 1.165) is 0 Å². The Bertz CT molecular complexity index is 116. The number of rotatable bonds is 3. The lowest BCUT2D eigenvalue weighted by Crippen LogP contribution is -2.38. The number of hydrogen-bond donors (Lipinski definition) is 1. The Balaban J connectivity index is 3.61. The molecule has 0 saturated heterocycles. The van der Waals surface area contributed by atoms with E-state index in [2.05, 4.69) is 15.5 Å². The van der Waals surface area contributed by atoms with Gasteiger partial charge in [0, 0.05) is 5.34 Å². The summed E-state index contributed by atoms with van der Waals surface area (Å²) in [5, 5.41) is -0.968. The Kier molecular flexibility index (Phi) is 3.58. The van der Waals surface area contributed by atoms with Crippen LogP contribution in [0.3, 0.4) is 0 Å². The fourth-order valence-electron chi connectivity index (χ4n) is 0.202. The molecule has 0 atom stereocenters. The minimum Gasteiger partial charge on any atom is -0.219 e. The van der Waals surface area contributed by atoms with Gasteiger partial charge in [-0.1, -0.05) is 0 Å². The molecular formula is C2H3F5N2O2. The van der Waals surface area contributed by atoms with Crippen molar-refractivity contribution in [3.63, 3.8) is 0 Å². The smallest absolute Gasteiger partial charge is 0.219 e. The molecule has 0 amide bonds. The van der Waals surface area contributed by atoms with E-state index in [1.54, 1.807) is 0 Å². The van der Waals surface area contributed by atoms with Crippen LogP contribution in [0.5, 0.6) is 0 Å². The van der Waals surface area contributed by atoms with Gasteiger partial charge in [-0.05, 0) is 0 Å². The summed E-state index contributed by atoms with van der Waals surface area (Å²) in [5.74, 6) is 4.15. The number of nitrogens with two attached hydrogens (primary N) is 1. The van der Waals surface area contributed by atoms with Gasteiger partial charge < -0.3 is 0 Å². The highest BCUT2D eigenvalue weighted by molar-refractivity contribution is 4.16. The number of hydrogen-bond acceptors (Lipinski definition) is 4. The van der Waals surface area contributed by atoms with E-state index in [4.69, 9.17) is 0 Å². The lowest BCUT2D eigenvalue weighted by Gasteiger charge is -2.14. The van der Waals surface area contributed by atoms with E-state index in [1.807, 2.05) is 0 Å². The first-order chi connectivity index (χ1) is 4.81. The molecule has 0 fully saturated rings. The first-order valence-corrected chi connectivity index (χ1v) is 2.07. The molecule has 0 aliphatic carbocycles. The number of halogens is 5. The standard InChI is InChI=1S/C2H3F5N2O2/c3-1(4)10-9(8)11-2(5,6)7/h1H,8H2. The SMILES string of the molecule is NN(OC(F)F)OC(F)(F)F. The van der Waals surface area contributed by atoms with Gasteiger partial charge in [-0.2, -0.15) is 18.5 Å². The van der Waals surface area contributed by atoms with Crippen LogP contribution in [0, 0.1) is 0 Å². The molecule has 0 saturated carbocycles. The summed E-state index contributed by atoms with van der Waals surface area (Å²) in [5.41, 5.74) is 0. The summed E-state index contributed by atoms with van der Waals surface area (Å²) in [6.07, 6.45) is -5.15. The maximum absolute atomic E-state index is 11.1. The highest BCUT2D eigenvalue weighted by Gasteiger charge is 2.34. The maximum Gasteiger partial charge on any atom is 0.542 e. The predicted octanol–water partition coefficient (Wildman–Crippen LogP) is 0.768. The van der Waals surface area contributed by atoms with Gasteiger partial charge in [0.05, 0.1) is 0 Å². The minimum absolute atomic E-state index is 0.968. The van der Waals surface area contributed by atoms with Crippen LogP contribution in [0.1, 0.15) is 0 Å². The normalized spacial score (nSPS) is 13.1. The highest BCUT2D eigenvalue weighted by Crippen LogP contribution is 2.17. The first kappa shape index (κ1) is 10.5. The van der Waals surface area contributed by atoms with Gasteiger partial charge in [-0.25, -0.2) is 5.84 Å². The Labute approximate surface area is 57.1 Å². The van der Waals surface area contributed by atoms with Crippen LogP contribution in [0.4, 0.5) is 22.0 Å². The molecule has 0 aliphatic rings. The predicted molar refractivity (Wildman–Crippen MR) is 20.3 cm³/mol. The topological polar surface area (TPSA) is 47.7 Å². The van der Waals surface area contributed by atoms with Crippen molar-refractivity contribution in [1.82, 2.24) is 5.34 Å². The lowest BCUT2D eigenvalue weighted by molar-refractivity contribution is -0.522. The third kappa shape index (κ3) is 7.39. The van der Waals surface area contributed by atoms with Crippen molar-refractivity contribution in [2.24, 2.45) is 5.84 Å². The summed E-state index contributed by atoms with van der Waals surface area (Å²) in [7, 11) is 0. The molecule has 0 rings (SSSR count). The Morgan fingerprint density at radius 1 is 1.27 bits per heavy atom. The molecule has 0 spiro atoms. The Morgan fingerprint density at radius 2 is 1.73 bits per heavy atom. The van der Waals surface area contributed by atoms with Crippen molar-refractivity contribution in [2.75, 3.05) is 0 Å². The van der Waals surface area contributed by atoms with Gasteiger partial charge in [0.1, 0.15) is 0 Å². The summed E-state index contributed by atoms with van der Waals surface area (Å²) >= 11 is 0. The van der Waals surface area contributed by atoms with Crippen LogP contribution in [-0.2, 0) is 9.68 Å². The molecular weight excluding hydrogens is 179 g/mol. The number of nitrogens with zero attached hydrogens (tertiary/aromatic N) is 1. The lowest BCUT2D eigenvalue weighted by atomic mass is 11.4. The van der Waals surface area contributed by atoms with Gasteiger partial charge in [0.15, 0.2) is 0 Å². The van der Waals surface area contributed by atoms with E-state index in [1.165, 1.54) is 0 Å². The van der Waals surface area contributed by atoms with Gasteiger partial charge in [-0.15, -0.1) is 13.2 Å². The van der Waals surface area contributed by atoms with Crippen LogP contribution in [0.2, 0.25) is 0 Å². The fraction of sp³-hybridized carbons (Fsp3) is 1.00. The minimum atomic E-state index is -5.15. The zero-order valence-electron chi connectivity index (χ0n) is 4.81. The molecule has 0 aromatic rings. The van der Waals surface area contributed by atoms with Crippen molar-refractivity contribution < 1.29 is 31.6 Å². The molecule has 11 heavy (non-hydrogen) atoms. The van der Waals surface area contributed by atoms with E-state index in [9.17, 15) is 22.0 Å². The van der Waals surface area contributed by atoms with Crippen molar-refractivity contribution >= 4 is 0 Å². The van der Waals surface area contributed by atoms with E-state index < -0.39 is 18.3 Å². The van der Waals surface area contributed by atoms with E-state index in [-0.39, 0.29) is 0 Å². The quantitative estimate of drug-likeness (QED) is 0.397. The second-order valence-electron chi connectivity index (χ2n) is 1.19. The molecule has 68 valence electrons. The molecule has 0 aromatic heterocycles. The van der Waals surface area contributed by atoms with Crippen molar-refractivity contribution in [2.45, 2.75) is 13.0 Å². The van der Waals surface area contributed by atoms with Gasteiger partial charge in [-0.3, -0.25) is 0 Å². The van der Waals surface area contributed by atoms with Crippen LogP contribution in [0.15, 0.2) is 0 Å². The zero-order chi connectivity index (χ0) is 9.07. The van der Waals surface area contributed by atoms with Crippen LogP contribution >= 0.6 is 0 Å². The maximum atomic E-state index is 11.1. The molecule has 0 radical (unpaired) electrons. The second-order valence-corrected chi connectivity index (χ2v) is 1.19. The number of alkyl halides is 5. The average molecular weight is 182 g/mol. The molecule has 0 aromatic carbocycles. The highest BCUT2D eigenvalue weighted by atomic mass is 19.4. The van der Waals surface area contributed by atoms with Crippen LogP contribution in [-0.4, -0.2) is 18.3 Å². The molecule has 0 unspecified atom stereocenters. The zero-order valence-corrected chi connectivity index (χ0v) is 4.81. The van der Waals surface area contributed by atoms with Crippen LogP contribution in [0.25, 0.3) is 0 Å². The van der Waals surface area contributed by atoms with Crippen molar-refractivity contribution in [3.8, 4) is 0 Å². The second kappa shape index (κ2) is 3.76. The summed E-state index contributed by atoms with van der Waals surface area (Å²) in [4.78, 5) is 5.62. The molecule has 2 N–H and O–H groups in total. The van der Waals surface area contributed by atoms with Crippen molar-refractivity contribution in [1.29, 1.82) is 0 Å². The monoisotopic (exact) mass is 182 g/mol. The fourth-order valence-corrected chi connectivity index (χ4v) is 0.202. The van der Waals surface area contributed by atoms with E-state index in [0.29, 0.717) is 0 Å². The molecule has 0 heterocycles. The van der Waals surface area contributed by atoms with Gasteiger partial charge in [0.2, 0.25) is 0 Å². The Morgan fingerprint density at radius 3 is 2.00 bits per heavy atom. The first-order valence-electron chi connectivity index (χ1n) is 2.07. The molecule has 4 nitrogen and oxygen atoms in total. The van der Waals surface area contributed by atoms with Gasteiger partial charge >= 0.3 is 13.0 Å². The third-order valence-corrected chi connectivity index (χ3v) is 0.377. The van der Waals surface area contributed by atoms with Crippen molar-refractivity contribution in [3.05, 3.63) is 0 Å². The summed E-state index contributed by atoms with van der Waals surface area (Å²) in [6.45, 7) is -3.47. The van der Waals surface area contributed by atoms with Gasteiger partial charge in [0.25, 0.3) is 0 Å². The summed E-state index contributed by atoms with van der Waals surface area (Å²) < 4.78 is 55.4. The third-order valence-electron chi connectivity index (χ3n) is 0.377. The molecule has 9 heteroatoms. The largest absolute Gasteiger partial charge is 0.542 e. The average Bonchev–Trinajstić information content (AvgIpc) is 1.53. The molecule has 0 aliphatic heterocycles. The summed E-state index contributed by atoms with van der Waals surface area (Å²) in [6, 6.07) is 0. The molecule has 0 bridgehead atoms.